The highest BCUT2D eigenvalue weighted by Gasteiger charge is 2.35. The lowest BCUT2D eigenvalue weighted by Crippen LogP contribution is -2.17. The van der Waals surface area contributed by atoms with Gasteiger partial charge in [0.15, 0.2) is 0 Å². The van der Waals surface area contributed by atoms with E-state index in [-0.39, 0.29) is 11.1 Å². The minimum Gasteiger partial charge on any atom is -0.306 e. The molecule has 0 amide bonds. The Bertz CT molecular complexity index is 5070. The lowest BCUT2D eigenvalue weighted by molar-refractivity contribution is 1.01. The third-order valence-corrected chi connectivity index (χ3v) is 18.3. The van der Waals surface area contributed by atoms with Gasteiger partial charge in [0.2, 0.25) is 0 Å². The molecule has 0 fully saturated rings. The van der Waals surface area contributed by atoms with Crippen LogP contribution in [0.3, 0.4) is 0 Å². The zero-order valence-electron chi connectivity index (χ0n) is 40.3. The van der Waals surface area contributed by atoms with Crippen molar-refractivity contribution in [3.8, 4) is 34.9 Å². The second-order valence-electron chi connectivity index (χ2n) is 19.7. The van der Waals surface area contributed by atoms with Crippen LogP contribution in [0.2, 0.25) is 0 Å². The van der Waals surface area contributed by atoms with E-state index in [1.54, 1.807) is 22.7 Å². The standard InChI is InChI=1S/C68H36N6S2/c69-37-51-52(38-70)66(74-58-30-14-6-22-44(58)48-36-64-50(34-60(48)74)46-24-8-16-32-62(46)76-64)68(72-55-27-11-3-19-41(55)42-20-4-12-28-56(42)72)67(71-53-25-9-1-17-39(53)40-18-2-10-26-54(40)71)65(51)73-57-29-13-5-21-43(57)47-35-63-49(33-59(47)73)45-23-7-15-31-61(45)75-63/h1-36H. The van der Waals surface area contributed by atoms with Gasteiger partial charge in [0.1, 0.15) is 12.1 Å². The molecule has 11 aromatic carbocycles. The van der Waals surface area contributed by atoms with Gasteiger partial charge >= 0.3 is 0 Å². The van der Waals surface area contributed by atoms with Crippen LogP contribution in [0.5, 0.6) is 0 Å². The van der Waals surface area contributed by atoms with Crippen LogP contribution in [0.4, 0.5) is 0 Å². The summed E-state index contributed by atoms with van der Waals surface area (Å²) < 4.78 is 14.2. The van der Waals surface area contributed by atoms with Gasteiger partial charge in [0, 0.05) is 83.4 Å². The molecule has 0 aliphatic heterocycles. The molecule has 8 heteroatoms. The quantitative estimate of drug-likeness (QED) is 0.176. The van der Waals surface area contributed by atoms with Crippen molar-refractivity contribution in [2.45, 2.75) is 0 Å². The molecule has 350 valence electrons. The molecule has 6 heterocycles. The second kappa shape index (κ2) is 15.3. The molecule has 6 aromatic heterocycles. The summed E-state index contributed by atoms with van der Waals surface area (Å²) in [6.45, 7) is 0. The summed E-state index contributed by atoms with van der Waals surface area (Å²) in [4.78, 5) is 0. The Labute approximate surface area is 440 Å². The van der Waals surface area contributed by atoms with Crippen molar-refractivity contribution in [2.75, 3.05) is 0 Å². The minimum absolute atomic E-state index is 0.282. The van der Waals surface area contributed by atoms with E-state index in [1.165, 1.54) is 29.6 Å². The lowest BCUT2D eigenvalue weighted by Gasteiger charge is -2.27. The van der Waals surface area contributed by atoms with Crippen LogP contribution in [0.1, 0.15) is 11.1 Å². The number of para-hydroxylation sites is 6. The summed E-state index contributed by atoms with van der Waals surface area (Å²) in [6.07, 6.45) is 0. The number of aromatic nitrogens is 4. The molecule has 0 radical (unpaired) electrons. The Kier molecular flexibility index (Phi) is 8.36. The normalized spacial score (nSPS) is 12.2. The SMILES string of the molecule is N#Cc1c(C#N)c(-n2c3ccccc3c3cc4sc5ccccc5c4cc32)c(-n2c3ccccc3c3ccccc32)c(-n2c3ccccc3c3ccccc32)c1-n1c2ccccc2c2cc3sc4ccccc4c3cc21. The van der Waals surface area contributed by atoms with Crippen LogP contribution < -0.4 is 0 Å². The fourth-order valence-corrected chi connectivity index (χ4v) is 15.2. The molecular formula is C68H36N6S2. The van der Waals surface area contributed by atoms with Crippen molar-refractivity contribution in [1.82, 2.24) is 18.3 Å². The summed E-state index contributed by atoms with van der Waals surface area (Å²) in [5.74, 6) is 0. The molecule has 0 aliphatic carbocycles. The number of thiophene rings is 2. The van der Waals surface area contributed by atoms with Crippen LogP contribution >= 0.6 is 22.7 Å². The maximum Gasteiger partial charge on any atom is 0.103 e. The van der Waals surface area contributed by atoms with E-state index in [2.05, 4.69) is 249 Å². The van der Waals surface area contributed by atoms with E-state index in [4.69, 9.17) is 0 Å². The Hall–Kier alpha value is -9.96. The number of fused-ring (bicyclic) bond motifs is 18. The Morgan fingerprint density at radius 1 is 0.237 bits per heavy atom. The fourth-order valence-electron chi connectivity index (χ4n) is 13.0. The molecule has 0 saturated carbocycles. The topological polar surface area (TPSA) is 67.3 Å². The van der Waals surface area contributed by atoms with Crippen LogP contribution in [0.15, 0.2) is 218 Å². The number of nitriles is 2. The van der Waals surface area contributed by atoms with E-state index < -0.39 is 0 Å². The number of benzene rings is 11. The molecule has 17 aromatic rings. The van der Waals surface area contributed by atoms with Gasteiger partial charge in [-0.2, -0.15) is 10.5 Å². The van der Waals surface area contributed by atoms with E-state index in [1.807, 2.05) is 0 Å². The van der Waals surface area contributed by atoms with Crippen LogP contribution in [-0.2, 0) is 0 Å². The molecule has 17 rings (SSSR count). The molecule has 0 saturated heterocycles. The highest BCUT2D eigenvalue weighted by molar-refractivity contribution is 7.26. The van der Waals surface area contributed by atoms with Crippen molar-refractivity contribution in [2.24, 2.45) is 0 Å². The first-order valence-corrected chi connectivity index (χ1v) is 27.0. The second-order valence-corrected chi connectivity index (χ2v) is 21.9. The number of hydrogen-bond donors (Lipinski definition) is 0. The van der Waals surface area contributed by atoms with Crippen LogP contribution in [-0.4, -0.2) is 18.3 Å². The smallest absolute Gasteiger partial charge is 0.103 e. The van der Waals surface area contributed by atoms with E-state index in [9.17, 15) is 10.5 Å². The van der Waals surface area contributed by atoms with Gasteiger partial charge in [0.05, 0.1) is 78.0 Å². The van der Waals surface area contributed by atoms with E-state index >= 15 is 0 Å². The average molecular weight is 1000 g/mol. The fraction of sp³-hybridized carbons (Fsp3) is 0. The van der Waals surface area contributed by atoms with Crippen LogP contribution in [0, 0.1) is 22.7 Å². The molecule has 76 heavy (non-hydrogen) atoms. The van der Waals surface area contributed by atoms with Gasteiger partial charge in [-0.05, 0) is 72.8 Å². The van der Waals surface area contributed by atoms with Crippen molar-refractivity contribution >= 4 is 150 Å². The van der Waals surface area contributed by atoms with Crippen molar-refractivity contribution in [3.63, 3.8) is 0 Å². The highest BCUT2D eigenvalue weighted by atomic mass is 32.1. The molecule has 0 N–H and O–H groups in total. The summed E-state index contributed by atoms with van der Waals surface area (Å²) in [7, 11) is 0. The third-order valence-electron chi connectivity index (χ3n) is 16.0. The predicted octanol–water partition coefficient (Wildman–Crippen LogP) is 18.6. The summed E-state index contributed by atoms with van der Waals surface area (Å²) in [6, 6.07) is 83.7. The zero-order valence-corrected chi connectivity index (χ0v) is 41.9. The first kappa shape index (κ1) is 41.5. The molecule has 0 unspecified atom stereocenters. The predicted molar refractivity (Wildman–Crippen MR) is 319 cm³/mol. The molecule has 0 bridgehead atoms. The first-order valence-electron chi connectivity index (χ1n) is 25.4. The number of hydrogen-bond acceptors (Lipinski definition) is 4. The Morgan fingerprint density at radius 3 is 0.816 bits per heavy atom. The average Bonchev–Trinajstić information content (AvgIpc) is 4.47. The summed E-state index contributed by atoms with van der Waals surface area (Å²) in [5, 5.41) is 38.1. The lowest BCUT2D eigenvalue weighted by atomic mass is 9.98. The van der Waals surface area contributed by atoms with Gasteiger partial charge in [-0.1, -0.05) is 146 Å². The molecule has 6 nitrogen and oxygen atoms in total. The molecule has 0 spiro atoms. The van der Waals surface area contributed by atoms with E-state index in [0.29, 0.717) is 11.4 Å². The number of nitrogens with zero attached hydrogens (tertiary/aromatic N) is 6. The van der Waals surface area contributed by atoms with Gasteiger partial charge in [0.25, 0.3) is 0 Å². The van der Waals surface area contributed by atoms with Gasteiger partial charge in [-0.15, -0.1) is 22.7 Å². The molecular weight excluding hydrogens is 965 g/mol. The third kappa shape index (κ3) is 5.35. The van der Waals surface area contributed by atoms with E-state index in [0.717, 1.165) is 109 Å². The molecule has 0 aliphatic rings. The molecule has 0 atom stereocenters. The Balaban J connectivity index is 1.19. The van der Waals surface area contributed by atoms with Crippen LogP contribution in [0.25, 0.3) is 150 Å². The maximum atomic E-state index is 12.4. The van der Waals surface area contributed by atoms with Gasteiger partial charge in [-0.3, -0.25) is 0 Å². The highest BCUT2D eigenvalue weighted by Crippen LogP contribution is 2.51. The first-order chi connectivity index (χ1) is 37.7. The zero-order chi connectivity index (χ0) is 49.9. The maximum absolute atomic E-state index is 12.4. The van der Waals surface area contributed by atoms with Crippen molar-refractivity contribution in [3.05, 3.63) is 230 Å². The largest absolute Gasteiger partial charge is 0.306 e. The van der Waals surface area contributed by atoms with Crippen molar-refractivity contribution < 1.29 is 0 Å². The monoisotopic (exact) mass is 1000 g/mol. The number of rotatable bonds is 4. The van der Waals surface area contributed by atoms with Gasteiger partial charge in [-0.25, -0.2) is 0 Å². The summed E-state index contributed by atoms with van der Waals surface area (Å²) in [5.41, 5.74) is 11.1. The van der Waals surface area contributed by atoms with Gasteiger partial charge < -0.3 is 18.3 Å². The minimum atomic E-state index is 0.282. The van der Waals surface area contributed by atoms with Crippen molar-refractivity contribution in [1.29, 1.82) is 10.5 Å². The Morgan fingerprint density at radius 2 is 0.500 bits per heavy atom. The summed E-state index contributed by atoms with van der Waals surface area (Å²) >= 11 is 3.60.